The molecule has 0 amide bonds. The third-order valence-electron chi connectivity index (χ3n) is 1.60. The van der Waals surface area contributed by atoms with Crippen LogP contribution in [0.15, 0.2) is 0 Å². The van der Waals surface area contributed by atoms with Crippen molar-refractivity contribution >= 4 is 31.9 Å². The fourth-order valence-electron chi connectivity index (χ4n) is 0.765. The molecular weight excluding hydrogens is 256 g/mol. The SMILES string of the molecule is CC(C)(CBr)CCCCBr. The molecule has 0 aromatic carbocycles. The second-order valence-electron chi connectivity index (χ2n) is 3.44. The summed E-state index contributed by atoms with van der Waals surface area (Å²) in [5, 5.41) is 2.26. The summed E-state index contributed by atoms with van der Waals surface area (Å²) >= 11 is 6.94. The quantitative estimate of drug-likeness (QED) is 0.524. The number of halogens is 2. The van der Waals surface area contributed by atoms with E-state index in [-0.39, 0.29) is 0 Å². The lowest BCUT2D eigenvalue weighted by Crippen LogP contribution is -2.12. The van der Waals surface area contributed by atoms with Crippen LogP contribution >= 0.6 is 31.9 Å². The van der Waals surface area contributed by atoms with Crippen LogP contribution in [0.2, 0.25) is 0 Å². The highest BCUT2D eigenvalue weighted by Crippen LogP contribution is 2.25. The first-order valence-corrected chi connectivity index (χ1v) is 5.98. The molecule has 0 rings (SSSR count). The molecule has 0 radical (unpaired) electrons. The van der Waals surface area contributed by atoms with E-state index < -0.39 is 0 Å². The van der Waals surface area contributed by atoms with Gasteiger partial charge < -0.3 is 0 Å². The molecule has 0 aliphatic heterocycles. The van der Waals surface area contributed by atoms with E-state index in [2.05, 4.69) is 45.7 Å². The number of rotatable bonds is 5. The van der Waals surface area contributed by atoms with Gasteiger partial charge in [0, 0.05) is 10.7 Å². The van der Waals surface area contributed by atoms with Crippen molar-refractivity contribution in [3.8, 4) is 0 Å². The van der Waals surface area contributed by atoms with Crippen LogP contribution in [-0.2, 0) is 0 Å². The van der Waals surface area contributed by atoms with Gasteiger partial charge in [-0.1, -0.05) is 52.1 Å². The number of alkyl halides is 2. The molecule has 0 heterocycles. The summed E-state index contributed by atoms with van der Waals surface area (Å²) in [6.45, 7) is 4.60. The molecule has 0 saturated carbocycles. The molecule has 62 valence electrons. The number of hydrogen-bond acceptors (Lipinski definition) is 0. The fourth-order valence-corrected chi connectivity index (χ4v) is 1.44. The van der Waals surface area contributed by atoms with E-state index in [1.54, 1.807) is 0 Å². The molecule has 0 unspecified atom stereocenters. The minimum atomic E-state index is 0.488. The predicted octanol–water partition coefficient (Wildman–Crippen LogP) is 3.97. The van der Waals surface area contributed by atoms with E-state index in [9.17, 15) is 0 Å². The van der Waals surface area contributed by atoms with Gasteiger partial charge in [0.1, 0.15) is 0 Å². The van der Waals surface area contributed by atoms with Crippen LogP contribution in [0.4, 0.5) is 0 Å². The maximum absolute atomic E-state index is 3.51. The maximum atomic E-state index is 3.51. The third-order valence-corrected chi connectivity index (χ3v) is 3.68. The van der Waals surface area contributed by atoms with Crippen LogP contribution < -0.4 is 0 Å². The Labute approximate surface area is 81.0 Å². The zero-order valence-electron chi connectivity index (χ0n) is 6.79. The highest BCUT2D eigenvalue weighted by atomic mass is 79.9. The molecular formula is C8H16Br2. The lowest BCUT2D eigenvalue weighted by Gasteiger charge is -2.20. The Morgan fingerprint density at radius 2 is 1.70 bits per heavy atom. The highest BCUT2D eigenvalue weighted by Gasteiger charge is 2.14. The van der Waals surface area contributed by atoms with E-state index in [1.807, 2.05) is 0 Å². The van der Waals surface area contributed by atoms with E-state index >= 15 is 0 Å². The standard InChI is InChI=1S/C8H16Br2/c1-8(2,7-10)5-3-4-6-9/h3-7H2,1-2H3. The van der Waals surface area contributed by atoms with Crippen LogP contribution in [0.3, 0.4) is 0 Å². The van der Waals surface area contributed by atoms with Crippen LogP contribution in [0.25, 0.3) is 0 Å². The third kappa shape index (κ3) is 5.72. The van der Waals surface area contributed by atoms with Crippen LogP contribution in [0, 0.1) is 5.41 Å². The first-order valence-electron chi connectivity index (χ1n) is 3.74. The summed E-state index contributed by atoms with van der Waals surface area (Å²) in [4.78, 5) is 0. The predicted molar refractivity (Wildman–Crippen MR) is 55.2 cm³/mol. The molecule has 0 aliphatic rings. The molecule has 0 nitrogen and oxygen atoms in total. The topological polar surface area (TPSA) is 0 Å². The van der Waals surface area contributed by atoms with Crippen molar-refractivity contribution in [2.75, 3.05) is 10.7 Å². The largest absolute Gasteiger partial charge is 0.0928 e. The van der Waals surface area contributed by atoms with Crippen molar-refractivity contribution in [3.63, 3.8) is 0 Å². The van der Waals surface area contributed by atoms with Gasteiger partial charge in [-0.05, 0) is 18.3 Å². The number of unbranched alkanes of at least 4 members (excludes halogenated alkanes) is 1. The zero-order valence-corrected chi connectivity index (χ0v) is 9.96. The molecule has 0 fully saturated rings. The van der Waals surface area contributed by atoms with Crippen molar-refractivity contribution < 1.29 is 0 Å². The van der Waals surface area contributed by atoms with Gasteiger partial charge in [-0.3, -0.25) is 0 Å². The fraction of sp³-hybridized carbons (Fsp3) is 1.00. The van der Waals surface area contributed by atoms with E-state index in [0.717, 1.165) is 10.7 Å². The Morgan fingerprint density at radius 1 is 1.10 bits per heavy atom. The van der Waals surface area contributed by atoms with Crippen LogP contribution in [-0.4, -0.2) is 10.7 Å². The van der Waals surface area contributed by atoms with Gasteiger partial charge in [0.25, 0.3) is 0 Å². The lowest BCUT2D eigenvalue weighted by atomic mass is 9.90. The molecule has 0 saturated heterocycles. The summed E-state index contributed by atoms with van der Waals surface area (Å²) < 4.78 is 0. The summed E-state index contributed by atoms with van der Waals surface area (Å²) in [5.74, 6) is 0. The van der Waals surface area contributed by atoms with Crippen molar-refractivity contribution in [2.45, 2.75) is 33.1 Å². The molecule has 0 aliphatic carbocycles. The second-order valence-corrected chi connectivity index (χ2v) is 4.80. The Bertz CT molecular complexity index is 79.3. The maximum Gasteiger partial charge on any atom is 0.00826 e. The van der Waals surface area contributed by atoms with Gasteiger partial charge in [0.15, 0.2) is 0 Å². The Morgan fingerprint density at radius 3 is 2.10 bits per heavy atom. The minimum absolute atomic E-state index is 0.488. The molecule has 0 aromatic heterocycles. The van der Waals surface area contributed by atoms with Gasteiger partial charge in [-0.15, -0.1) is 0 Å². The number of hydrogen-bond donors (Lipinski definition) is 0. The van der Waals surface area contributed by atoms with Gasteiger partial charge >= 0.3 is 0 Å². The second kappa shape index (κ2) is 5.59. The lowest BCUT2D eigenvalue weighted by molar-refractivity contribution is 0.376. The van der Waals surface area contributed by atoms with Crippen molar-refractivity contribution in [1.29, 1.82) is 0 Å². The van der Waals surface area contributed by atoms with Gasteiger partial charge in [-0.2, -0.15) is 0 Å². The average molecular weight is 272 g/mol. The Balaban J connectivity index is 3.28. The average Bonchev–Trinajstić information content (AvgIpc) is 1.89. The van der Waals surface area contributed by atoms with E-state index in [1.165, 1.54) is 19.3 Å². The summed E-state index contributed by atoms with van der Waals surface area (Å²) in [5.41, 5.74) is 0.488. The van der Waals surface area contributed by atoms with Crippen LogP contribution in [0.1, 0.15) is 33.1 Å². The molecule has 10 heavy (non-hydrogen) atoms. The first-order chi connectivity index (χ1) is 4.62. The van der Waals surface area contributed by atoms with Crippen molar-refractivity contribution in [2.24, 2.45) is 5.41 Å². The smallest absolute Gasteiger partial charge is 0.00826 e. The minimum Gasteiger partial charge on any atom is -0.0928 e. The van der Waals surface area contributed by atoms with Gasteiger partial charge in [0.05, 0.1) is 0 Å². The van der Waals surface area contributed by atoms with Crippen LogP contribution in [0.5, 0.6) is 0 Å². The Hall–Kier alpha value is 0.960. The Kier molecular flexibility index (Phi) is 6.13. The first kappa shape index (κ1) is 11.0. The van der Waals surface area contributed by atoms with E-state index in [0.29, 0.717) is 5.41 Å². The summed E-state index contributed by atoms with van der Waals surface area (Å²) in [6.07, 6.45) is 3.96. The van der Waals surface area contributed by atoms with Gasteiger partial charge in [-0.25, -0.2) is 0 Å². The molecule has 0 atom stereocenters. The molecule has 0 bridgehead atoms. The highest BCUT2D eigenvalue weighted by molar-refractivity contribution is 9.09. The summed E-state index contributed by atoms with van der Waals surface area (Å²) in [7, 11) is 0. The molecule has 0 aromatic rings. The van der Waals surface area contributed by atoms with Crippen molar-refractivity contribution in [3.05, 3.63) is 0 Å². The van der Waals surface area contributed by atoms with Crippen molar-refractivity contribution in [1.82, 2.24) is 0 Å². The molecule has 0 spiro atoms. The monoisotopic (exact) mass is 270 g/mol. The normalized spacial score (nSPS) is 12.0. The van der Waals surface area contributed by atoms with Gasteiger partial charge in [0.2, 0.25) is 0 Å². The molecule has 0 N–H and O–H groups in total. The molecule has 2 heteroatoms. The van der Waals surface area contributed by atoms with E-state index in [4.69, 9.17) is 0 Å². The summed E-state index contributed by atoms with van der Waals surface area (Å²) in [6, 6.07) is 0. The zero-order chi connectivity index (χ0) is 8.04.